The maximum Gasteiger partial charge on any atom is 0.203 e. The van der Waals surface area contributed by atoms with Crippen LogP contribution in [0.2, 0.25) is 0 Å². The summed E-state index contributed by atoms with van der Waals surface area (Å²) >= 11 is 0. The van der Waals surface area contributed by atoms with Crippen molar-refractivity contribution in [2.24, 2.45) is 22.5 Å². The molecular weight excluding hydrogens is 128 g/mol. The highest BCUT2D eigenvalue weighted by atomic mass is 15.3. The Labute approximate surface area is 61.7 Å². The number of nitrogens with two attached hydrogens (primary N) is 2. The summed E-state index contributed by atoms with van der Waals surface area (Å²) in [5.74, 6) is 5.95. The second kappa shape index (κ2) is 5.05. The van der Waals surface area contributed by atoms with Crippen molar-refractivity contribution < 1.29 is 0 Å². The van der Waals surface area contributed by atoms with Crippen molar-refractivity contribution in [1.82, 2.24) is 5.43 Å². The molecule has 0 aliphatic heterocycles. The van der Waals surface area contributed by atoms with Gasteiger partial charge >= 0.3 is 0 Å². The lowest BCUT2D eigenvalue weighted by Crippen LogP contribution is -2.37. The topological polar surface area (TPSA) is 76.4 Å². The van der Waals surface area contributed by atoms with Gasteiger partial charge in [0, 0.05) is 6.54 Å². The highest BCUT2D eigenvalue weighted by molar-refractivity contribution is 5.76. The van der Waals surface area contributed by atoms with Crippen LogP contribution in [0, 0.1) is 5.92 Å². The Morgan fingerprint density at radius 1 is 1.60 bits per heavy atom. The molecule has 0 aromatic carbocycles. The maximum atomic E-state index is 5.27. The molecule has 0 fully saturated rings. The van der Waals surface area contributed by atoms with Crippen molar-refractivity contribution in [1.29, 1.82) is 0 Å². The number of rotatable bonds is 3. The summed E-state index contributed by atoms with van der Waals surface area (Å²) in [7, 11) is 0. The molecule has 0 spiro atoms. The van der Waals surface area contributed by atoms with Gasteiger partial charge in [0.05, 0.1) is 0 Å². The predicted octanol–water partition coefficient (Wildman–Crippen LogP) is -0.189. The normalized spacial score (nSPS) is 12.2. The molecule has 5 N–H and O–H groups in total. The fourth-order valence-electron chi connectivity index (χ4n) is 0.489. The van der Waals surface area contributed by atoms with Gasteiger partial charge in [0.15, 0.2) is 0 Å². The molecule has 0 amide bonds. The van der Waals surface area contributed by atoms with Crippen molar-refractivity contribution in [2.45, 2.75) is 20.3 Å². The van der Waals surface area contributed by atoms with E-state index in [4.69, 9.17) is 11.6 Å². The summed E-state index contributed by atoms with van der Waals surface area (Å²) in [6, 6.07) is 0. The second-order valence-corrected chi connectivity index (χ2v) is 2.59. The Morgan fingerprint density at radius 2 is 2.20 bits per heavy atom. The van der Waals surface area contributed by atoms with Gasteiger partial charge in [0.2, 0.25) is 5.96 Å². The monoisotopic (exact) mass is 144 g/mol. The van der Waals surface area contributed by atoms with Crippen LogP contribution < -0.4 is 17.0 Å². The molecule has 0 heterocycles. The van der Waals surface area contributed by atoms with E-state index in [9.17, 15) is 0 Å². The summed E-state index contributed by atoms with van der Waals surface area (Å²) in [6.45, 7) is 5.02. The minimum absolute atomic E-state index is 0.306. The fraction of sp³-hybridized carbons (Fsp3) is 0.833. The van der Waals surface area contributed by atoms with Gasteiger partial charge in [0.1, 0.15) is 0 Å². The first kappa shape index (κ1) is 9.23. The van der Waals surface area contributed by atoms with E-state index >= 15 is 0 Å². The molecule has 0 aliphatic rings. The zero-order valence-corrected chi connectivity index (χ0v) is 6.59. The van der Waals surface area contributed by atoms with Crippen molar-refractivity contribution in [2.75, 3.05) is 6.54 Å². The van der Waals surface area contributed by atoms with Gasteiger partial charge in [-0.2, -0.15) is 0 Å². The molecule has 60 valence electrons. The fourth-order valence-corrected chi connectivity index (χ4v) is 0.489. The SMILES string of the molecule is CC(C)CCN=C(N)NN. The molecule has 4 heteroatoms. The van der Waals surface area contributed by atoms with Crippen LogP contribution in [0.1, 0.15) is 20.3 Å². The van der Waals surface area contributed by atoms with Gasteiger partial charge < -0.3 is 5.73 Å². The van der Waals surface area contributed by atoms with Crippen LogP contribution in [0.25, 0.3) is 0 Å². The summed E-state index contributed by atoms with van der Waals surface area (Å²) in [6.07, 6.45) is 1.04. The van der Waals surface area contributed by atoms with Gasteiger partial charge in [-0.3, -0.25) is 10.4 Å². The van der Waals surface area contributed by atoms with Crippen LogP contribution in [0.4, 0.5) is 0 Å². The van der Waals surface area contributed by atoms with Crippen LogP contribution in [0.15, 0.2) is 4.99 Å². The summed E-state index contributed by atoms with van der Waals surface area (Å²) in [5.41, 5.74) is 7.54. The third-order valence-corrected chi connectivity index (χ3v) is 1.14. The van der Waals surface area contributed by atoms with Crippen molar-refractivity contribution >= 4 is 5.96 Å². The average Bonchev–Trinajstić information content (AvgIpc) is 1.87. The highest BCUT2D eigenvalue weighted by Gasteiger charge is 1.91. The van der Waals surface area contributed by atoms with Gasteiger partial charge in [0.25, 0.3) is 0 Å². The van der Waals surface area contributed by atoms with Crippen molar-refractivity contribution in [3.63, 3.8) is 0 Å². The number of nitrogens with zero attached hydrogens (tertiary/aromatic N) is 1. The van der Waals surface area contributed by atoms with Crippen LogP contribution in [-0.2, 0) is 0 Å². The molecule has 0 aliphatic carbocycles. The van der Waals surface area contributed by atoms with Gasteiger partial charge in [-0.15, -0.1) is 0 Å². The van der Waals surface area contributed by atoms with E-state index < -0.39 is 0 Å². The lowest BCUT2D eigenvalue weighted by Gasteiger charge is -2.01. The first-order chi connectivity index (χ1) is 4.66. The van der Waals surface area contributed by atoms with Crippen molar-refractivity contribution in [3.8, 4) is 0 Å². The van der Waals surface area contributed by atoms with E-state index in [1.807, 2.05) is 0 Å². The minimum Gasteiger partial charge on any atom is -0.369 e. The van der Waals surface area contributed by atoms with Gasteiger partial charge in [-0.05, 0) is 12.3 Å². The van der Waals surface area contributed by atoms with Crippen LogP contribution in [0.3, 0.4) is 0 Å². The lowest BCUT2D eigenvalue weighted by molar-refractivity contribution is 0.596. The predicted molar refractivity (Wildman–Crippen MR) is 43.3 cm³/mol. The van der Waals surface area contributed by atoms with E-state index in [1.165, 1.54) is 0 Å². The standard InChI is InChI=1S/C6H16N4/c1-5(2)3-4-9-6(7)10-8/h5H,3-4,8H2,1-2H3,(H3,7,9,10). The second-order valence-electron chi connectivity index (χ2n) is 2.59. The lowest BCUT2D eigenvalue weighted by atomic mass is 10.1. The van der Waals surface area contributed by atoms with E-state index in [-0.39, 0.29) is 0 Å². The number of hydrogen-bond donors (Lipinski definition) is 3. The summed E-state index contributed by atoms with van der Waals surface area (Å²) < 4.78 is 0. The Balaban J connectivity index is 3.34. The van der Waals surface area contributed by atoms with E-state index in [0.717, 1.165) is 13.0 Å². The average molecular weight is 144 g/mol. The number of hydrogen-bond acceptors (Lipinski definition) is 2. The molecule has 0 saturated carbocycles. The van der Waals surface area contributed by atoms with E-state index in [0.29, 0.717) is 11.9 Å². The largest absolute Gasteiger partial charge is 0.369 e. The van der Waals surface area contributed by atoms with Crippen molar-refractivity contribution in [3.05, 3.63) is 0 Å². The third kappa shape index (κ3) is 5.37. The van der Waals surface area contributed by atoms with Crippen LogP contribution in [0.5, 0.6) is 0 Å². The zero-order valence-electron chi connectivity index (χ0n) is 6.59. The molecule has 0 unspecified atom stereocenters. The Bertz CT molecular complexity index is 108. The Hall–Kier alpha value is -0.770. The smallest absolute Gasteiger partial charge is 0.203 e. The van der Waals surface area contributed by atoms with Crippen LogP contribution in [-0.4, -0.2) is 12.5 Å². The molecule has 0 aromatic heterocycles. The molecule has 0 radical (unpaired) electrons. The molecule has 0 aromatic rings. The van der Waals surface area contributed by atoms with E-state index in [1.54, 1.807) is 0 Å². The summed E-state index contributed by atoms with van der Waals surface area (Å²) in [4.78, 5) is 3.94. The molecule has 0 atom stereocenters. The first-order valence-electron chi connectivity index (χ1n) is 3.43. The first-order valence-corrected chi connectivity index (χ1v) is 3.43. The number of hydrazine groups is 1. The van der Waals surface area contributed by atoms with Crippen LogP contribution >= 0.6 is 0 Å². The molecule has 0 saturated heterocycles. The molecular formula is C6H16N4. The third-order valence-electron chi connectivity index (χ3n) is 1.14. The quantitative estimate of drug-likeness (QED) is 0.222. The Morgan fingerprint density at radius 3 is 2.60 bits per heavy atom. The number of aliphatic imine (C=N–C) groups is 1. The minimum atomic E-state index is 0.306. The molecule has 4 nitrogen and oxygen atoms in total. The van der Waals surface area contributed by atoms with Gasteiger partial charge in [-0.1, -0.05) is 13.8 Å². The molecule has 0 bridgehead atoms. The zero-order chi connectivity index (χ0) is 7.98. The number of guanidine groups is 1. The molecule has 10 heavy (non-hydrogen) atoms. The van der Waals surface area contributed by atoms with E-state index in [2.05, 4.69) is 24.3 Å². The summed E-state index contributed by atoms with van der Waals surface area (Å²) in [5, 5.41) is 0. The number of nitrogens with one attached hydrogen (secondary N) is 1. The van der Waals surface area contributed by atoms with Gasteiger partial charge in [-0.25, -0.2) is 5.84 Å². The highest BCUT2D eigenvalue weighted by Crippen LogP contribution is 1.97. The molecule has 0 rings (SSSR count). The maximum absolute atomic E-state index is 5.27. The Kier molecular flexibility index (Phi) is 4.66.